The summed E-state index contributed by atoms with van der Waals surface area (Å²) in [5.74, 6) is -0.156. The smallest absolute Gasteiger partial charge is 0.271 e. The highest BCUT2D eigenvalue weighted by atomic mass is 16.2. The van der Waals surface area contributed by atoms with Crippen LogP contribution < -0.4 is 5.32 Å². The molecule has 126 valence electrons. The molecule has 0 radical (unpaired) electrons. The van der Waals surface area contributed by atoms with E-state index in [1.165, 1.54) is 0 Å². The van der Waals surface area contributed by atoms with Crippen molar-refractivity contribution in [3.63, 3.8) is 0 Å². The van der Waals surface area contributed by atoms with E-state index in [-0.39, 0.29) is 17.4 Å². The van der Waals surface area contributed by atoms with Gasteiger partial charge in [-0.05, 0) is 30.0 Å². The number of aromatic nitrogens is 4. The van der Waals surface area contributed by atoms with Crippen LogP contribution in [0, 0.1) is 12.3 Å². The molecule has 6 nitrogen and oxygen atoms in total. The average molecular weight is 325 g/mol. The van der Waals surface area contributed by atoms with E-state index in [4.69, 9.17) is 0 Å². The van der Waals surface area contributed by atoms with Crippen LogP contribution in [0.25, 0.3) is 5.65 Å². The molecule has 0 aliphatic heterocycles. The second kappa shape index (κ2) is 6.11. The molecule has 0 aromatic carbocycles. The molecule has 1 atom stereocenters. The first kappa shape index (κ1) is 16.2. The number of nitrogens with zero attached hydrogens (tertiary/aromatic N) is 4. The summed E-state index contributed by atoms with van der Waals surface area (Å²) in [7, 11) is 0. The molecule has 0 aliphatic carbocycles. The summed E-state index contributed by atoms with van der Waals surface area (Å²) in [6.45, 7) is 9.02. The van der Waals surface area contributed by atoms with Gasteiger partial charge in [-0.25, -0.2) is 9.97 Å². The predicted octanol–water partition coefficient (Wildman–Crippen LogP) is 2.68. The van der Waals surface area contributed by atoms with Crippen LogP contribution in [-0.4, -0.2) is 30.9 Å². The van der Waals surface area contributed by atoms with Gasteiger partial charge in [0, 0.05) is 31.3 Å². The van der Waals surface area contributed by atoms with Crippen LogP contribution in [0.5, 0.6) is 0 Å². The van der Waals surface area contributed by atoms with Crippen molar-refractivity contribution < 1.29 is 4.79 Å². The van der Waals surface area contributed by atoms with Crippen molar-refractivity contribution in [2.45, 2.75) is 40.3 Å². The van der Waals surface area contributed by atoms with Crippen molar-refractivity contribution >= 4 is 11.6 Å². The first-order chi connectivity index (χ1) is 11.3. The molecule has 24 heavy (non-hydrogen) atoms. The quantitative estimate of drug-likeness (QED) is 0.802. The van der Waals surface area contributed by atoms with Gasteiger partial charge in [0.05, 0.1) is 12.4 Å². The molecule has 3 aromatic rings. The van der Waals surface area contributed by atoms with Gasteiger partial charge in [-0.15, -0.1) is 0 Å². The Morgan fingerprint density at radius 2 is 2.12 bits per heavy atom. The minimum absolute atomic E-state index is 0.0363. The Morgan fingerprint density at radius 1 is 1.33 bits per heavy atom. The zero-order chi connectivity index (χ0) is 17.3. The molecule has 0 bridgehead atoms. The van der Waals surface area contributed by atoms with Crippen LogP contribution in [0.2, 0.25) is 0 Å². The molecule has 0 saturated heterocycles. The lowest BCUT2D eigenvalue weighted by atomic mass is 9.86. The van der Waals surface area contributed by atoms with E-state index in [2.05, 4.69) is 36.1 Å². The van der Waals surface area contributed by atoms with E-state index in [9.17, 15) is 4.79 Å². The number of fused-ring (bicyclic) bond motifs is 1. The second-order valence-electron chi connectivity index (χ2n) is 7.25. The maximum Gasteiger partial charge on any atom is 0.271 e. The zero-order valence-corrected chi connectivity index (χ0v) is 14.5. The van der Waals surface area contributed by atoms with E-state index in [1.807, 2.05) is 40.4 Å². The Hall–Kier alpha value is -2.63. The fourth-order valence-electron chi connectivity index (χ4n) is 2.57. The predicted molar refractivity (Wildman–Crippen MR) is 92.9 cm³/mol. The maximum atomic E-state index is 12.7. The molecule has 0 fully saturated rings. The number of amides is 1. The number of imidazole rings is 2. The summed E-state index contributed by atoms with van der Waals surface area (Å²) in [5, 5.41) is 3.12. The Morgan fingerprint density at radius 3 is 2.79 bits per heavy atom. The van der Waals surface area contributed by atoms with E-state index < -0.39 is 0 Å². The number of hydrogen-bond acceptors (Lipinski definition) is 3. The van der Waals surface area contributed by atoms with Gasteiger partial charge in [0.25, 0.3) is 5.91 Å². The topological polar surface area (TPSA) is 64.2 Å². The molecule has 1 N–H and O–H groups in total. The number of carbonyl (C=O) groups excluding carboxylic acids is 1. The zero-order valence-electron chi connectivity index (χ0n) is 14.5. The number of carbonyl (C=O) groups is 1. The van der Waals surface area contributed by atoms with Crippen molar-refractivity contribution in [3.8, 4) is 0 Å². The number of pyridine rings is 1. The van der Waals surface area contributed by atoms with Crippen LogP contribution in [0.3, 0.4) is 0 Å². The fraction of sp³-hybridized carbons (Fsp3) is 0.389. The summed E-state index contributed by atoms with van der Waals surface area (Å²) in [6, 6.07) is 3.92. The molecular weight excluding hydrogens is 302 g/mol. The highest BCUT2D eigenvalue weighted by Gasteiger charge is 2.27. The lowest BCUT2D eigenvalue weighted by Gasteiger charge is -2.31. The van der Waals surface area contributed by atoms with Crippen LogP contribution in [0.4, 0.5) is 0 Å². The van der Waals surface area contributed by atoms with Crippen molar-refractivity contribution in [1.29, 1.82) is 0 Å². The second-order valence-corrected chi connectivity index (χ2v) is 7.25. The Labute approximate surface area is 141 Å². The van der Waals surface area contributed by atoms with E-state index in [0.717, 1.165) is 11.2 Å². The molecule has 3 aromatic heterocycles. The number of rotatable bonds is 4. The third-order valence-electron chi connectivity index (χ3n) is 4.15. The summed E-state index contributed by atoms with van der Waals surface area (Å²) in [4.78, 5) is 21.2. The lowest BCUT2D eigenvalue weighted by Crippen LogP contribution is -2.46. The lowest BCUT2D eigenvalue weighted by molar-refractivity contribution is 0.0888. The van der Waals surface area contributed by atoms with Crippen LogP contribution in [0.1, 0.15) is 36.8 Å². The van der Waals surface area contributed by atoms with E-state index in [1.54, 1.807) is 18.7 Å². The molecule has 3 heterocycles. The van der Waals surface area contributed by atoms with Gasteiger partial charge < -0.3 is 14.3 Å². The Balaban J connectivity index is 1.81. The van der Waals surface area contributed by atoms with Crippen molar-refractivity contribution in [2.24, 2.45) is 5.41 Å². The molecule has 6 heteroatoms. The molecule has 1 amide bonds. The molecule has 0 spiro atoms. The van der Waals surface area contributed by atoms with Crippen molar-refractivity contribution in [1.82, 2.24) is 24.3 Å². The van der Waals surface area contributed by atoms with E-state index >= 15 is 0 Å². The Kier molecular flexibility index (Phi) is 4.13. The summed E-state index contributed by atoms with van der Waals surface area (Å²) in [5.41, 5.74) is 2.24. The van der Waals surface area contributed by atoms with Gasteiger partial charge in [0.1, 0.15) is 11.3 Å². The van der Waals surface area contributed by atoms with Crippen molar-refractivity contribution in [3.05, 3.63) is 54.5 Å². The minimum Gasteiger partial charge on any atom is -0.346 e. The van der Waals surface area contributed by atoms with E-state index in [0.29, 0.717) is 12.2 Å². The minimum atomic E-state index is -0.156. The fourth-order valence-corrected chi connectivity index (χ4v) is 2.57. The molecular formula is C18H23N5O. The monoisotopic (exact) mass is 325 g/mol. The first-order valence-electron chi connectivity index (χ1n) is 8.05. The van der Waals surface area contributed by atoms with Crippen LogP contribution >= 0.6 is 0 Å². The van der Waals surface area contributed by atoms with Gasteiger partial charge in [-0.1, -0.05) is 20.8 Å². The molecule has 3 rings (SSSR count). The van der Waals surface area contributed by atoms with Gasteiger partial charge in [0.2, 0.25) is 0 Å². The summed E-state index contributed by atoms with van der Waals surface area (Å²) >= 11 is 0. The van der Waals surface area contributed by atoms with Crippen LogP contribution in [-0.2, 0) is 6.54 Å². The Bertz CT molecular complexity index is 842. The van der Waals surface area contributed by atoms with Gasteiger partial charge in [-0.2, -0.15) is 0 Å². The standard InChI is InChI=1S/C18H23N5O/c1-13-5-7-23-10-14(20-16(23)9-13)17(24)21-15(18(2,3)4)11-22-8-6-19-12-22/h5-10,12,15H,11H2,1-4H3,(H,21,24). The van der Waals surface area contributed by atoms with Gasteiger partial charge in [-0.3, -0.25) is 4.79 Å². The highest BCUT2D eigenvalue weighted by molar-refractivity contribution is 5.93. The van der Waals surface area contributed by atoms with Crippen molar-refractivity contribution in [2.75, 3.05) is 0 Å². The largest absolute Gasteiger partial charge is 0.346 e. The normalized spacial score (nSPS) is 13.2. The van der Waals surface area contributed by atoms with Gasteiger partial charge in [0.15, 0.2) is 0 Å². The summed E-state index contributed by atoms with van der Waals surface area (Å²) < 4.78 is 3.84. The maximum absolute atomic E-state index is 12.7. The third-order valence-corrected chi connectivity index (χ3v) is 4.15. The highest BCUT2D eigenvalue weighted by Crippen LogP contribution is 2.21. The molecule has 0 saturated carbocycles. The number of aryl methyl sites for hydroxylation is 1. The van der Waals surface area contributed by atoms with Crippen LogP contribution in [0.15, 0.2) is 43.2 Å². The third kappa shape index (κ3) is 3.48. The SMILES string of the molecule is Cc1ccn2cc(C(=O)NC(Cn3ccnc3)C(C)(C)C)nc2c1. The number of nitrogens with one attached hydrogen (secondary N) is 1. The summed E-state index contributed by atoms with van der Waals surface area (Å²) in [6.07, 6.45) is 9.09. The first-order valence-corrected chi connectivity index (χ1v) is 8.05. The average Bonchev–Trinajstić information content (AvgIpc) is 3.13. The molecule has 0 aliphatic rings. The van der Waals surface area contributed by atoms with Gasteiger partial charge >= 0.3 is 0 Å². The molecule has 1 unspecified atom stereocenters. The number of hydrogen-bond donors (Lipinski definition) is 1.